The Labute approximate surface area is 182 Å². The number of rotatable bonds is 6. The van der Waals surface area contributed by atoms with Crippen LogP contribution in [-0.2, 0) is 4.79 Å². The lowest BCUT2D eigenvalue weighted by atomic mass is 10.1. The van der Waals surface area contributed by atoms with Crippen molar-refractivity contribution in [1.82, 2.24) is 14.3 Å². The number of aryl methyl sites for hydroxylation is 1. The summed E-state index contributed by atoms with van der Waals surface area (Å²) < 4.78 is 10.7. The fourth-order valence-electron chi connectivity index (χ4n) is 2.99. The van der Waals surface area contributed by atoms with E-state index in [9.17, 15) is 4.79 Å². The van der Waals surface area contributed by atoms with E-state index in [0.717, 1.165) is 49.1 Å². The Bertz CT molecular complexity index is 1210. The van der Waals surface area contributed by atoms with E-state index < -0.39 is 0 Å². The summed E-state index contributed by atoms with van der Waals surface area (Å²) in [6.07, 6.45) is 1.52. The van der Waals surface area contributed by atoms with Crippen molar-refractivity contribution >= 4 is 45.1 Å². The highest BCUT2D eigenvalue weighted by Gasteiger charge is 2.16. The van der Waals surface area contributed by atoms with Crippen LogP contribution in [0.2, 0.25) is 0 Å². The zero-order chi connectivity index (χ0) is 21.1. The van der Waals surface area contributed by atoms with Crippen molar-refractivity contribution in [3.63, 3.8) is 0 Å². The molecule has 8 heteroatoms. The molecule has 2 aromatic carbocycles. The van der Waals surface area contributed by atoms with E-state index in [1.807, 2.05) is 56.3 Å². The SMILES string of the molecule is COc1ccc(-c2nsc3c(SCC(=O)Nc4cccc(C)c4C)ncnc23)cc1. The standard InChI is InChI=1S/C22H20N4O2S2/c1-13-5-4-6-17(14(13)2)25-18(27)11-29-22-21-20(23-12-24-22)19(26-30-21)15-7-9-16(28-3)10-8-15/h4-10,12H,11H2,1-3H3,(H,25,27). The van der Waals surface area contributed by atoms with Gasteiger partial charge in [-0.2, -0.15) is 4.37 Å². The van der Waals surface area contributed by atoms with E-state index in [1.165, 1.54) is 29.6 Å². The molecule has 0 saturated heterocycles. The molecule has 0 radical (unpaired) electrons. The van der Waals surface area contributed by atoms with Crippen molar-refractivity contribution in [2.24, 2.45) is 0 Å². The third-order valence-electron chi connectivity index (χ3n) is 4.81. The Kier molecular flexibility index (Phi) is 5.96. The molecule has 0 aliphatic carbocycles. The smallest absolute Gasteiger partial charge is 0.234 e. The second kappa shape index (κ2) is 8.81. The van der Waals surface area contributed by atoms with Crippen LogP contribution in [0.4, 0.5) is 5.69 Å². The van der Waals surface area contributed by atoms with Gasteiger partial charge in [0.25, 0.3) is 0 Å². The molecule has 152 valence electrons. The van der Waals surface area contributed by atoms with Crippen LogP contribution in [0.15, 0.2) is 53.8 Å². The van der Waals surface area contributed by atoms with Gasteiger partial charge in [-0.3, -0.25) is 4.79 Å². The number of nitrogens with one attached hydrogen (secondary N) is 1. The van der Waals surface area contributed by atoms with Gasteiger partial charge in [0.2, 0.25) is 5.91 Å². The third kappa shape index (κ3) is 4.15. The van der Waals surface area contributed by atoms with Gasteiger partial charge in [-0.1, -0.05) is 23.9 Å². The van der Waals surface area contributed by atoms with Crippen LogP contribution in [-0.4, -0.2) is 33.1 Å². The summed E-state index contributed by atoms with van der Waals surface area (Å²) in [5.74, 6) is 0.981. The first kappa shape index (κ1) is 20.3. The first-order valence-electron chi connectivity index (χ1n) is 9.30. The first-order chi connectivity index (χ1) is 14.6. The monoisotopic (exact) mass is 436 g/mol. The van der Waals surface area contributed by atoms with Crippen LogP contribution < -0.4 is 10.1 Å². The van der Waals surface area contributed by atoms with Crippen molar-refractivity contribution in [3.8, 4) is 17.0 Å². The number of anilines is 1. The van der Waals surface area contributed by atoms with Crippen LogP contribution in [0.1, 0.15) is 11.1 Å². The summed E-state index contributed by atoms with van der Waals surface area (Å²) in [6.45, 7) is 4.03. The fourth-order valence-corrected chi connectivity index (χ4v) is 4.71. The number of hydrogen-bond acceptors (Lipinski definition) is 7. The molecule has 0 aliphatic rings. The maximum atomic E-state index is 12.5. The minimum absolute atomic E-state index is 0.0691. The molecule has 0 spiro atoms. The molecule has 0 fully saturated rings. The topological polar surface area (TPSA) is 77.0 Å². The number of carbonyl (C=O) groups excluding carboxylic acids is 1. The third-order valence-corrected chi connectivity index (χ3v) is 6.77. The molecule has 6 nitrogen and oxygen atoms in total. The van der Waals surface area contributed by atoms with E-state index >= 15 is 0 Å². The molecule has 2 aromatic heterocycles. The number of thioether (sulfide) groups is 1. The van der Waals surface area contributed by atoms with E-state index in [1.54, 1.807) is 7.11 Å². The Morgan fingerprint density at radius 1 is 1.13 bits per heavy atom. The summed E-state index contributed by atoms with van der Waals surface area (Å²) in [5.41, 5.74) is 5.62. The lowest BCUT2D eigenvalue weighted by Crippen LogP contribution is -2.15. The Hall–Kier alpha value is -2.97. The number of nitrogens with zero attached hydrogens (tertiary/aromatic N) is 3. The highest BCUT2D eigenvalue weighted by Crippen LogP contribution is 2.35. The molecule has 2 heterocycles. The maximum Gasteiger partial charge on any atom is 0.234 e. The summed E-state index contributed by atoms with van der Waals surface area (Å²) in [4.78, 5) is 21.3. The number of hydrogen-bond donors (Lipinski definition) is 1. The molecule has 1 amide bonds. The zero-order valence-electron chi connectivity index (χ0n) is 16.8. The van der Waals surface area contributed by atoms with Crippen molar-refractivity contribution in [3.05, 3.63) is 59.9 Å². The van der Waals surface area contributed by atoms with Gasteiger partial charge < -0.3 is 10.1 Å². The quantitative estimate of drug-likeness (QED) is 0.334. The summed E-state index contributed by atoms with van der Waals surface area (Å²) in [7, 11) is 1.64. The van der Waals surface area contributed by atoms with Gasteiger partial charge in [0.05, 0.1) is 12.9 Å². The molecule has 0 unspecified atom stereocenters. The van der Waals surface area contributed by atoms with Crippen LogP contribution in [0.5, 0.6) is 5.75 Å². The maximum absolute atomic E-state index is 12.5. The number of methoxy groups -OCH3 is 1. The van der Waals surface area contributed by atoms with Gasteiger partial charge in [-0.25, -0.2) is 9.97 Å². The van der Waals surface area contributed by atoms with Gasteiger partial charge in [0.1, 0.15) is 33.0 Å². The fraction of sp³-hybridized carbons (Fsp3) is 0.182. The van der Waals surface area contributed by atoms with E-state index in [0.29, 0.717) is 0 Å². The molecule has 4 rings (SSSR count). The molecule has 0 saturated carbocycles. The van der Waals surface area contributed by atoms with Crippen molar-refractivity contribution < 1.29 is 9.53 Å². The number of ether oxygens (including phenoxy) is 1. The van der Waals surface area contributed by atoms with Crippen LogP contribution in [0, 0.1) is 13.8 Å². The van der Waals surface area contributed by atoms with E-state index in [2.05, 4.69) is 19.7 Å². The van der Waals surface area contributed by atoms with E-state index in [4.69, 9.17) is 4.74 Å². The Morgan fingerprint density at radius 3 is 2.70 bits per heavy atom. The van der Waals surface area contributed by atoms with Crippen molar-refractivity contribution in [2.45, 2.75) is 18.9 Å². The molecule has 1 N–H and O–H groups in total. The molecule has 0 aliphatic heterocycles. The number of benzene rings is 2. The predicted molar refractivity (Wildman–Crippen MR) is 122 cm³/mol. The second-order valence-electron chi connectivity index (χ2n) is 6.70. The predicted octanol–water partition coefficient (Wildman–Crippen LogP) is 5.11. The Morgan fingerprint density at radius 2 is 1.93 bits per heavy atom. The average Bonchev–Trinajstić information content (AvgIpc) is 3.20. The average molecular weight is 437 g/mol. The van der Waals surface area contributed by atoms with Crippen molar-refractivity contribution in [2.75, 3.05) is 18.2 Å². The summed E-state index contributed by atoms with van der Waals surface area (Å²) in [5, 5.41) is 3.74. The minimum Gasteiger partial charge on any atom is -0.497 e. The Balaban J connectivity index is 1.51. The van der Waals surface area contributed by atoms with Crippen LogP contribution >= 0.6 is 23.3 Å². The second-order valence-corrected chi connectivity index (χ2v) is 8.44. The van der Waals surface area contributed by atoms with Gasteiger partial charge in [0.15, 0.2) is 0 Å². The van der Waals surface area contributed by atoms with Crippen LogP contribution in [0.25, 0.3) is 21.5 Å². The molecule has 0 bridgehead atoms. The lowest BCUT2D eigenvalue weighted by Gasteiger charge is -2.10. The first-order valence-corrected chi connectivity index (χ1v) is 11.1. The summed E-state index contributed by atoms with van der Waals surface area (Å²) >= 11 is 2.74. The van der Waals surface area contributed by atoms with Crippen LogP contribution in [0.3, 0.4) is 0 Å². The molecule has 0 atom stereocenters. The normalized spacial score (nSPS) is 10.9. The van der Waals surface area contributed by atoms with Gasteiger partial charge in [0, 0.05) is 11.3 Å². The van der Waals surface area contributed by atoms with Gasteiger partial charge >= 0.3 is 0 Å². The highest BCUT2D eigenvalue weighted by atomic mass is 32.2. The number of carbonyl (C=O) groups is 1. The number of aromatic nitrogens is 3. The molecular weight excluding hydrogens is 416 g/mol. The highest BCUT2D eigenvalue weighted by molar-refractivity contribution is 8.00. The zero-order valence-corrected chi connectivity index (χ0v) is 18.4. The van der Waals surface area contributed by atoms with Gasteiger partial charge in [-0.05, 0) is 66.8 Å². The molecular formula is C22H20N4O2S2. The molecule has 4 aromatic rings. The van der Waals surface area contributed by atoms with Crippen molar-refractivity contribution in [1.29, 1.82) is 0 Å². The lowest BCUT2D eigenvalue weighted by molar-refractivity contribution is -0.113. The van der Waals surface area contributed by atoms with E-state index in [-0.39, 0.29) is 11.7 Å². The number of amides is 1. The largest absolute Gasteiger partial charge is 0.497 e. The van der Waals surface area contributed by atoms with Gasteiger partial charge in [-0.15, -0.1) is 0 Å². The minimum atomic E-state index is -0.0691. The number of fused-ring (bicyclic) bond motifs is 1. The summed E-state index contributed by atoms with van der Waals surface area (Å²) in [6, 6.07) is 13.6. The molecule has 30 heavy (non-hydrogen) atoms.